The Morgan fingerprint density at radius 1 is 1.67 bits per heavy atom. The molecule has 0 atom stereocenters. The molecule has 0 bridgehead atoms. The van der Waals surface area contributed by atoms with Crippen molar-refractivity contribution in [2.75, 3.05) is 13.0 Å². The summed E-state index contributed by atoms with van der Waals surface area (Å²) in [5, 5.41) is 18.2. The highest BCUT2D eigenvalue weighted by atomic mass is 35.5. The first kappa shape index (κ1) is 11.3. The molecule has 0 aliphatic rings. The molecule has 15 heavy (non-hydrogen) atoms. The zero-order valence-corrected chi connectivity index (χ0v) is 8.71. The standard InChI is InChI=1S/C10H8ClNO3/c1-15-10-7(5-12)2-6(3-8(10)13)9(14)4-11/h2-3,13H,4H2,1H3. The lowest BCUT2D eigenvalue weighted by atomic mass is 10.1. The van der Waals surface area contributed by atoms with Crippen LogP contribution in [0.5, 0.6) is 11.5 Å². The molecule has 0 fully saturated rings. The molecule has 0 amide bonds. The number of carbonyl (C=O) groups is 1. The third kappa shape index (κ3) is 2.20. The quantitative estimate of drug-likeness (QED) is 0.628. The van der Waals surface area contributed by atoms with Gasteiger partial charge in [-0.2, -0.15) is 5.26 Å². The SMILES string of the molecule is COc1c(O)cc(C(=O)CCl)cc1C#N. The summed E-state index contributed by atoms with van der Waals surface area (Å²) in [6, 6.07) is 4.39. The molecule has 0 saturated carbocycles. The molecule has 1 aromatic carbocycles. The number of methoxy groups -OCH3 is 1. The number of benzene rings is 1. The van der Waals surface area contributed by atoms with E-state index in [2.05, 4.69) is 0 Å². The van der Waals surface area contributed by atoms with E-state index in [4.69, 9.17) is 21.6 Å². The second-order valence-corrected chi connectivity index (χ2v) is 3.01. The molecular formula is C10H8ClNO3. The van der Waals surface area contributed by atoms with Gasteiger partial charge in [0.25, 0.3) is 0 Å². The molecule has 0 spiro atoms. The van der Waals surface area contributed by atoms with Gasteiger partial charge in [-0.15, -0.1) is 11.6 Å². The number of nitriles is 1. The highest BCUT2D eigenvalue weighted by Crippen LogP contribution is 2.31. The van der Waals surface area contributed by atoms with Gasteiger partial charge in [-0.05, 0) is 12.1 Å². The van der Waals surface area contributed by atoms with Crippen LogP contribution >= 0.6 is 11.6 Å². The van der Waals surface area contributed by atoms with Crippen molar-refractivity contribution in [1.82, 2.24) is 0 Å². The van der Waals surface area contributed by atoms with Crippen LogP contribution in [0, 0.1) is 11.3 Å². The van der Waals surface area contributed by atoms with Gasteiger partial charge in [0.05, 0.1) is 18.6 Å². The van der Waals surface area contributed by atoms with Crippen LogP contribution in [0.1, 0.15) is 15.9 Å². The van der Waals surface area contributed by atoms with E-state index in [9.17, 15) is 9.90 Å². The summed E-state index contributed by atoms with van der Waals surface area (Å²) in [5.41, 5.74) is 0.297. The highest BCUT2D eigenvalue weighted by molar-refractivity contribution is 6.30. The van der Waals surface area contributed by atoms with Gasteiger partial charge in [0.2, 0.25) is 0 Å². The van der Waals surface area contributed by atoms with Gasteiger partial charge in [-0.3, -0.25) is 4.79 Å². The minimum absolute atomic E-state index is 0.0589. The normalized spacial score (nSPS) is 9.40. The van der Waals surface area contributed by atoms with Crippen LogP contribution in [0.3, 0.4) is 0 Å². The fourth-order valence-electron chi connectivity index (χ4n) is 1.15. The Hall–Kier alpha value is -1.73. The number of ketones is 1. The molecule has 1 N–H and O–H groups in total. The van der Waals surface area contributed by atoms with Crippen LogP contribution in [0.25, 0.3) is 0 Å². The Balaban J connectivity index is 3.33. The van der Waals surface area contributed by atoms with Crippen LogP contribution in [0.4, 0.5) is 0 Å². The number of Topliss-reactive ketones (excluding diaryl/α,β-unsaturated/α-hetero) is 1. The lowest BCUT2D eigenvalue weighted by molar-refractivity contribution is 0.102. The van der Waals surface area contributed by atoms with E-state index < -0.39 is 0 Å². The average molecular weight is 226 g/mol. The van der Waals surface area contributed by atoms with Gasteiger partial charge in [0.1, 0.15) is 6.07 Å². The van der Waals surface area contributed by atoms with Gasteiger partial charge in [-0.1, -0.05) is 0 Å². The molecule has 0 heterocycles. The number of hydrogen-bond acceptors (Lipinski definition) is 4. The Labute approximate surface area is 91.7 Å². The first-order valence-electron chi connectivity index (χ1n) is 4.04. The van der Waals surface area contributed by atoms with E-state index in [0.29, 0.717) is 0 Å². The minimum Gasteiger partial charge on any atom is -0.504 e. The van der Waals surface area contributed by atoms with Gasteiger partial charge >= 0.3 is 0 Å². The fourth-order valence-corrected chi connectivity index (χ4v) is 1.30. The van der Waals surface area contributed by atoms with E-state index in [0.717, 1.165) is 0 Å². The number of carbonyl (C=O) groups excluding carboxylic acids is 1. The zero-order valence-electron chi connectivity index (χ0n) is 7.95. The van der Waals surface area contributed by atoms with Crippen molar-refractivity contribution >= 4 is 17.4 Å². The van der Waals surface area contributed by atoms with E-state index >= 15 is 0 Å². The topological polar surface area (TPSA) is 70.3 Å². The van der Waals surface area contributed by atoms with Gasteiger partial charge in [0, 0.05) is 5.56 Å². The average Bonchev–Trinajstić information content (AvgIpc) is 2.26. The molecule has 1 rings (SSSR count). The number of phenolic OH excluding ortho intramolecular Hbond substituents is 1. The lowest BCUT2D eigenvalue weighted by Gasteiger charge is -2.06. The molecule has 0 aliphatic heterocycles. The summed E-state index contributed by atoms with van der Waals surface area (Å²) >= 11 is 5.36. The van der Waals surface area contributed by atoms with Crippen molar-refractivity contribution < 1.29 is 14.6 Å². The van der Waals surface area contributed by atoms with E-state index in [-0.39, 0.29) is 34.3 Å². The molecule has 0 aliphatic carbocycles. The van der Waals surface area contributed by atoms with Gasteiger partial charge in [-0.25, -0.2) is 0 Å². The minimum atomic E-state index is -0.355. The molecule has 1 aromatic rings. The fraction of sp³-hybridized carbons (Fsp3) is 0.200. The Kier molecular flexibility index (Phi) is 3.53. The molecule has 78 valence electrons. The van der Waals surface area contributed by atoms with Crippen LogP contribution in [-0.4, -0.2) is 23.9 Å². The van der Waals surface area contributed by atoms with E-state index in [1.165, 1.54) is 19.2 Å². The maximum atomic E-state index is 11.2. The number of phenols is 1. The van der Waals surface area contributed by atoms with Gasteiger partial charge in [0.15, 0.2) is 17.3 Å². The number of aromatic hydroxyl groups is 1. The summed E-state index contributed by atoms with van der Waals surface area (Å²) in [4.78, 5) is 11.2. The van der Waals surface area contributed by atoms with Crippen molar-refractivity contribution in [2.24, 2.45) is 0 Å². The number of nitrogens with zero attached hydrogens (tertiary/aromatic N) is 1. The number of hydrogen-bond donors (Lipinski definition) is 1. The number of rotatable bonds is 3. The second-order valence-electron chi connectivity index (χ2n) is 2.74. The van der Waals surface area contributed by atoms with Crippen molar-refractivity contribution in [3.63, 3.8) is 0 Å². The van der Waals surface area contributed by atoms with Crippen molar-refractivity contribution in [1.29, 1.82) is 5.26 Å². The molecule has 0 aromatic heterocycles. The monoisotopic (exact) mass is 225 g/mol. The summed E-state index contributed by atoms with van der Waals surface area (Å²) in [6.45, 7) is 0. The smallest absolute Gasteiger partial charge is 0.178 e. The number of ether oxygens (including phenoxy) is 1. The van der Waals surface area contributed by atoms with E-state index in [1.807, 2.05) is 6.07 Å². The van der Waals surface area contributed by atoms with Crippen LogP contribution in [-0.2, 0) is 0 Å². The Morgan fingerprint density at radius 2 is 2.33 bits per heavy atom. The number of halogens is 1. The first-order chi connectivity index (χ1) is 7.13. The third-order valence-corrected chi connectivity index (χ3v) is 2.08. The molecule has 0 radical (unpaired) electrons. The molecule has 5 heteroatoms. The summed E-state index contributed by atoms with van der Waals surface area (Å²) < 4.78 is 4.82. The van der Waals surface area contributed by atoms with Crippen LogP contribution in [0.15, 0.2) is 12.1 Å². The largest absolute Gasteiger partial charge is 0.504 e. The maximum Gasteiger partial charge on any atom is 0.178 e. The summed E-state index contributed by atoms with van der Waals surface area (Å²) in [6.07, 6.45) is 0. The lowest BCUT2D eigenvalue weighted by Crippen LogP contribution is -2.01. The Bertz CT molecular complexity index is 437. The van der Waals surface area contributed by atoms with E-state index in [1.54, 1.807) is 0 Å². The molecular weight excluding hydrogens is 218 g/mol. The highest BCUT2D eigenvalue weighted by Gasteiger charge is 2.14. The summed E-state index contributed by atoms with van der Waals surface area (Å²) in [5.74, 6) is -0.740. The predicted molar refractivity (Wildman–Crippen MR) is 54.4 cm³/mol. The first-order valence-corrected chi connectivity index (χ1v) is 4.57. The van der Waals surface area contributed by atoms with Crippen molar-refractivity contribution in [2.45, 2.75) is 0 Å². The van der Waals surface area contributed by atoms with Crippen molar-refractivity contribution in [3.05, 3.63) is 23.3 Å². The maximum absolute atomic E-state index is 11.2. The molecule has 4 nitrogen and oxygen atoms in total. The molecule has 0 saturated heterocycles. The van der Waals surface area contributed by atoms with Crippen LogP contribution in [0.2, 0.25) is 0 Å². The van der Waals surface area contributed by atoms with Gasteiger partial charge < -0.3 is 9.84 Å². The van der Waals surface area contributed by atoms with Crippen molar-refractivity contribution in [3.8, 4) is 17.6 Å². The third-order valence-electron chi connectivity index (χ3n) is 1.84. The second kappa shape index (κ2) is 4.67. The Morgan fingerprint density at radius 3 is 2.80 bits per heavy atom. The number of alkyl halides is 1. The molecule has 0 unspecified atom stereocenters. The predicted octanol–water partition coefficient (Wildman–Crippen LogP) is 1.69. The zero-order chi connectivity index (χ0) is 11.4. The summed E-state index contributed by atoms with van der Waals surface area (Å²) in [7, 11) is 1.33. The van der Waals surface area contributed by atoms with Crippen LogP contribution < -0.4 is 4.74 Å².